The Kier molecular flexibility index (Phi) is 4.58. The maximum absolute atomic E-state index is 13.3. The number of amides is 1. The molecule has 0 bridgehead atoms. The Hall–Kier alpha value is -3.03. The first-order chi connectivity index (χ1) is 12.3. The van der Waals surface area contributed by atoms with E-state index >= 15 is 0 Å². The summed E-state index contributed by atoms with van der Waals surface area (Å²) < 4.78 is 45.9. The normalized spacial score (nSPS) is 11.6. The minimum absolute atomic E-state index is 0.181. The molecule has 0 radical (unpaired) electrons. The van der Waals surface area contributed by atoms with Crippen molar-refractivity contribution in [2.24, 2.45) is 0 Å². The van der Waals surface area contributed by atoms with Crippen molar-refractivity contribution < 1.29 is 22.7 Å². The lowest BCUT2D eigenvalue weighted by molar-refractivity contribution is -0.147. The second-order valence-electron chi connectivity index (χ2n) is 5.76. The Morgan fingerprint density at radius 1 is 1.23 bits per heavy atom. The summed E-state index contributed by atoms with van der Waals surface area (Å²) in [4.78, 5) is 16.0. The average Bonchev–Trinajstić information content (AvgIpc) is 2.94. The highest BCUT2D eigenvalue weighted by Crippen LogP contribution is 2.31. The number of fused-ring (bicyclic) bond motifs is 1. The number of hydrogen-bond donors (Lipinski definition) is 1. The van der Waals surface area contributed by atoms with E-state index in [4.69, 9.17) is 4.74 Å². The number of benzene rings is 2. The van der Waals surface area contributed by atoms with Crippen molar-refractivity contribution in [3.05, 3.63) is 53.9 Å². The van der Waals surface area contributed by atoms with E-state index in [2.05, 4.69) is 10.3 Å². The number of imidazole rings is 1. The van der Waals surface area contributed by atoms with E-state index in [-0.39, 0.29) is 11.0 Å². The van der Waals surface area contributed by atoms with Gasteiger partial charge in [-0.05, 0) is 36.8 Å². The number of methoxy groups -OCH3 is 1. The second kappa shape index (κ2) is 6.70. The predicted octanol–water partition coefficient (Wildman–Crippen LogP) is 4.01. The zero-order chi connectivity index (χ0) is 18.9. The van der Waals surface area contributed by atoms with Crippen LogP contribution in [0.2, 0.25) is 0 Å². The molecule has 1 aromatic heterocycles. The monoisotopic (exact) mass is 363 g/mol. The number of hydrogen-bond acceptors (Lipinski definition) is 3. The number of ether oxygens (including phenoxy) is 1. The van der Waals surface area contributed by atoms with Crippen molar-refractivity contribution in [1.29, 1.82) is 0 Å². The van der Waals surface area contributed by atoms with Gasteiger partial charge in [0.05, 0.1) is 23.8 Å². The molecular formula is C18H16F3N3O2. The number of nitrogens with one attached hydrogen (secondary N) is 1. The van der Waals surface area contributed by atoms with Crippen LogP contribution in [0.3, 0.4) is 0 Å². The first-order valence-corrected chi connectivity index (χ1v) is 7.76. The number of rotatable bonds is 4. The highest BCUT2D eigenvalue weighted by molar-refractivity contribution is 5.93. The van der Waals surface area contributed by atoms with Crippen LogP contribution in [0.1, 0.15) is 11.4 Å². The van der Waals surface area contributed by atoms with Gasteiger partial charge in [-0.15, -0.1) is 0 Å². The molecule has 8 heteroatoms. The summed E-state index contributed by atoms with van der Waals surface area (Å²) in [6.45, 7) is 1.31. The summed E-state index contributed by atoms with van der Waals surface area (Å²) in [5.74, 6) is -1.29. The Balaban J connectivity index is 1.94. The lowest BCUT2D eigenvalue weighted by atomic mass is 10.2. The van der Waals surface area contributed by atoms with E-state index in [1.165, 1.54) is 19.2 Å². The smallest absolute Gasteiger partial charge is 0.449 e. The van der Waals surface area contributed by atoms with E-state index in [0.717, 1.165) is 10.1 Å². The third kappa shape index (κ3) is 3.49. The van der Waals surface area contributed by atoms with Gasteiger partial charge in [0.2, 0.25) is 11.7 Å². The van der Waals surface area contributed by atoms with Crippen LogP contribution in [0.25, 0.3) is 11.0 Å². The summed E-state index contributed by atoms with van der Waals surface area (Å²) in [5.41, 5.74) is 1.70. The molecule has 0 aliphatic carbocycles. The van der Waals surface area contributed by atoms with Gasteiger partial charge in [-0.25, -0.2) is 4.98 Å². The van der Waals surface area contributed by atoms with E-state index < -0.39 is 24.5 Å². The molecule has 3 aromatic rings. The third-order valence-corrected chi connectivity index (χ3v) is 3.84. The Bertz CT molecular complexity index is 964. The van der Waals surface area contributed by atoms with Gasteiger partial charge < -0.3 is 14.6 Å². The quantitative estimate of drug-likeness (QED) is 0.762. The molecule has 3 rings (SSSR count). The van der Waals surface area contributed by atoms with Gasteiger partial charge in [-0.1, -0.05) is 18.2 Å². The highest BCUT2D eigenvalue weighted by Gasteiger charge is 2.38. The van der Waals surface area contributed by atoms with Crippen LogP contribution >= 0.6 is 0 Å². The van der Waals surface area contributed by atoms with E-state index in [1.54, 1.807) is 30.3 Å². The van der Waals surface area contributed by atoms with Gasteiger partial charge in [0.15, 0.2) is 0 Å². The van der Waals surface area contributed by atoms with Crippen molar-refractivity contribution in [2.75, 3.05) is 12.4 Å². The summed E-state index contributed by atoms with van der Waals surface area (Å²) in [7, 11) is 1.45. The SMILES string of the molecule is COc1ccc(C)cc1NC(=O)Cn1c(C(F)(F)F)nc2ccccc21. The number of carbonyl (C=O) groups excluding carboxylic acids is 1. The number of aryl methyl sites for hydroxylation is 1. The number of para-hydroxylation sites is 2. The van der Waals surface area contributed by atoms with Gasteiger partial charge in [-0.2, -0.15) is 13.2 Å². The van der Waals surface area contributed by atoms with Crippen LogP contribution in [0.15, 0.2) is 42.5 Å². The molecule has 0 unspecified atom stereocenters. The van der Waals surface area contributed by atoms with Crippen LogP contribution in [-0.4, -0.2) is 22.6 Å². The number of carbonyl (C=O) groups is 1. The zero-order valence-electron chi connectivity index (χ0n) is 14.1. The maximum Gasteiger partial charge on any atom is 0.449 e. The minimum Gasteiger partial charge on any atom is -0.495 e. The predicted molar refractivity (Wildman–Crippen MR) is 91.1 cm³/mol. The van der Waals surface area contributed by atoms with Gasteiger partial charge in [0.25, 0.3) is 0 Å². The first-order valence-electron chi connectivity index (χ1n) is 7.76. The molecule has 2 aromatic carbocycles. The molecule has 1 heterocycles. The van der Waals surface area contributed by atoms with E-state index in [9.17, 15) is 18.0 Å². The van der Waals surface area contributed by atoms with Crippen LogP contribution in [0.4, 0.5) is 18.9 Å². The molecule has 26 heavy (non-hydrogen) atoms. The van der Waals surface area contributed by atoms with Crippen LogP contribution in [-0.2, 0) is 17.5 Å². The van der Waals surface area contributed by atoms with Crippen molar-refractivity contribution in [1.82, 2.24) is 9.55 Å². The summed E-state index contributed by atoms with van der Waals surface area (Å²) in [6, 6.07) is 11.3. The zero-order valence-corrected chi connectivity index (χ0v) is 14.1. The standard InChI is InChI=1S/C18H16F3N3O2/c1-11-7-8-15(26-2)13(9-11)22-16(25)10-24-14-6-4-3-5-12(14)23-17(24)18(19,20)21/h3-9H,10H2,1-2H3,(H,22,25). The fraction of sp³-hybridized carbons (Fsp3) is 0.222. The molecule has 5 nitrogen and oxygen atoms in total. The number of halogens is 3. The molecule has 1 amide bonds. The molecular weight excluding hydrogens is 347 g/mol. The molecule has 0 saturated carbocycles. The Morgan fingerprint density at radius 3 is 2.65 bits per heavy atom. The van der Waals surface area contributed by atoms with Crippen LogP contribution in [0, 0.1) is 6.92 Å². The molecule has 0 aliphatic heterocycles. The largest absolute Gasteiger partial charge is 0.495 e. The molecule has 1 N–H and O–H groups in total. The highest BCUT2D eigenvalue weighted by atomic mass is 19.4. The van der Waals surface area contributed by atoms with Gasteiger partial charge in [-0.3, -0.25) is 4.79 Å². The van der Waals surface area contributed by atoms with E-state index in [0.29, 0.717) is 11.4 Å². The average molecular weight is 363 g/mol. The molecule has 0 atom stereocenters. The van der Waals surface area contributed by atoms with Crippen molar-refractivity contribution in [2.45, 2.75) is 19.6 Å². The summed E-state index contributed by atoms with van der Waals surface area (Å²) in [5, 5.41) is 2.60. The minimum atomic E-state index is -4.67. The lowest BCUT2D eigenvalue weighted by Gasteiger charge is -2.13. The van der Waals surface area contributed by atoms with Gasteiger partial charge in [0.1, 0.15) is 12.3 Å². The van der Waals surface area contributed by atoms with Gasteiger partial charge >= 0.3 is 6.18 Å². The number of nitrogens with zero attached hydrogens (tertiary/aromatic N) is 2. The van der Waals surface area contributed by atoms with E-state index in [1.807, 2.05) is 6.92 Å². The van der Waals surface area contributed by atoms with Crippen molar-refractivity contribution in [3.63, 3.8) is 0 Å². The summed E-state index contributed by atoms with van der Waals surface area (Å²) >= 11 is 0. The van der Waals surface area contributed by atoms with Crippen molar-refractivity contribution in [3.8, 4) is 5.75 Å². The van der Waals surface area contributed by atoms with Gasteiger partial charge in [0, 0.05) is 0 Å². The maximum atomic E-state index is 13.3. The number of anilines is 1. The Morgan fingerprint density at radius 2 is 1.96 bits per heavy atom. The molecule has 0 aliphatic rings. The fourth-order valence-corrected chi connectivity index (χ4v) is 2.70. The second-order valence-corrected chi connectivity index (χ2v) is 5.76. The summed E-state index contributed by atoms with van der Waals surface area (Å²) in [6.07, 6.45) is -4.67. The fourth-order valence-electron chi connectivity index (χ4n) is 2.70. The van der Waals surface area contributed by atoms with Crippen LogP contribution in [0.5, 0.6) is 5.75 Å². The first kappa shape index (κ1) is 17.8. The number of aromatic nitrogens is 2. The molecule has 0 saturated heterocycles. The molecule has 0 fully saturated rings. The molecule has 0 spiro atoms. The van der Waals surface area contributed by atoms with Crippen molar-refractivity contribution >= 4 is 22.6 Å². The number of alkyl halides is 3. The molecule has 136 valence electrons. The third-order valence-electron chi connectivity index (χ3n) is 3.84. The topological polar surface area (TPSA) is 56.1 Å². The van der Waals surface area contributed by atoms with Crippen LogP contribution < -0.4 is 10.1 Å². The Labute approximate surface area is 147 Å². The lowest BCUT2D eigenvalue weighted by Crippen LogP contribution is -2.23.